The predicted octanol–water partition coefficient (Wildman–Crippen LogP) is 4.98. The molecule has 5 nitrogen and oxygen atoms in total. The third kappa shape index (κ3) is 3.62. The number of hydrogen-bond donors (Lipinski definition) is 1. The lowest BCUT2D eigenvalue weighted by atomic mass is 10.1. The number of fused-ring (bicyclic) bond motifs is 1. The van der Waals surface area contributed by atoms with Gasteiger partial charge in [0.1, 0.15) is 0 Å². The van der Waals surface area contributed by atoms with Crippen LogP contribution >= 0.6 is 11.8 Å². The minimum atomic E-state index is -0.243. The summed E-state index contributed by atoms with van der Waals surface area (Å²) in [6, 6.07) is 28.0. The summed E-state index contributed by atoms with van der Waals surface area (Å²) in [4.78, 5) is 12.9. The zero-order valence-electron chi connectivity index (χ0n) is 16.2. The molecule has 6 heteroatoms. The van der Waals surface area contributed by atoms with Crippen molar-refractivity contribution >= 4 is 23.4 Å². The van der Waals surface area contributed by atoms with Gasteiger partial charge in [-0.25, -0.2) is 0 Å². The topological polar surface area (TPSA) is 59.8 Å². The molecule has 3 aromatic carbocycles. The first-order valence-corrected chi connectivity index (χ1v) is 10.8. The minimum absolute atomic E-state index is 0.00817. The van der Waals surface area contributed by atoms with Crippen LogP contribution in [0.2, 0.25) is 0 Å². The van der Waals surface area contributed by atoms with Gasteiger partial charge in [-0.15, -0.1) is 10.2 Å². The van der Waals surface area contributed by atoms with E-state index in [-0.39, 0.29) is 11.2 Å². The van der Waals surface area contributed by atoms with Crippen LogP contribution in [0.5, 0.6) is 0 Å². The lowest BCUT2D eigenvalue weighted by Crippen LogP contribution is -2.24. The fraction of sp³-hybridized carbons (Fsp3) is 0.125. The number of para-hydroxylation sites is 2. The van der Waals surface area contributed by atoms with E-state index < -0.39 is 0 Å². The van der Waals surface area contributed by atoms with E-state index in [2.05, 4.69) is 21.6 Å². The van der Waals surface area contributed by atoms with E-state index in [4.69, 9.17) is 0 Å². The molecule has 1 atom stereocenters. The molecular weight excluding hydrogens is 392 g/mol. The van der Waals surface area contributed by atoms with Crippen LogP contribution in [-0.4, -0.2) is 25.9 Å². The number of nitrogens with zero attached hydrogens (tertiary/aromatic N) is 3. The number of hydrogen-bond acceptors (Lipinski definition) is 4. The molecule has 1 aliphatic heterocycles. The van der Waals surface area contributed by atoms with E-state index in [0.717, 1.165) is 35.6 Å². The van der Waals surface area contributed by atoms with Gasteiger partial charge in [0.15, 0.2) is 11.0 Å². The average Bonchev–Trinajstić information content (AvgIpc) is 3.14. The number of aryl methyl sites for hydroxylation is 1. The van der Waals surface area contributed by atoms with Crippen molar-refractivity contribution in [2.24, 2.45) is 0 Å². The molecule has 0 radical (unpaired) electrons. The Bertz CT molecular complexity index is 1170. The van der Waals surface area contributed by atoms with E-state index in [1.54, 1.807) is 0 Å². The summed E-state index contributed by atoms with van der Waals surface area (Å²) in [6.45, 7) is 0. The largest absolute Gasteiger partial charge is 0.325 e. The minimum Gasteiger partial charge on any atom is -0.325 e. The van der Waals surface area contributed by atoms with Crippen molar-refractivity contribution in [3.05, 3.63) is 90.5 Å². The lowest BCUT2D eigenvalue weighted by Gasteiger charge is -2.14. The van der Waals surface area contributed by atoms with Gasteiger partial charge in [0.05, 0.1) is 5.25 Å². The summed E-state index contributed by atoms with van der Waals surface area (Å²) in [6.07, 6.45) is 1.59. The number of benzene rings is 3. The molecule has 0 unspecified atom stereocenters. The number of nitrogens with one attached hydrogen (secondary N) is 1. The first kappa shape index (κ1) is 18.6. The maximum Gasteiger partial charge on any atom is 0.237 e. The standard InChI is InChI=1S/C24H20N4OS/c29-23-21(16-15-17-9-7-8-14-20(17)25-23)30-24-27-26-22(18-10-3-1-4-11-18)28(24)19-12-5-2-6-13-19/h1-14,21H,15-16H2,(H,25,29)/t21-/m1/s1. The van der Waals surface area contributed by atoms with E-state index >= 15 is 0 Å². The van der Waals surface area contributed by atoms with Crippen molar-refractivity contribution < 1.29 is 4.79 Å². The van der Waals surface area contributed by atoms with E-state index in [9.17, 15) is 4.79 Å². The molecule has 1 amide bonds. The van der Waals surface area contributed by atoms with Gasteiger partial charge in [-0.05, 0) is 36.6 Å². The van der Waals surface area contributed by atoms with Crippen molar-refractivity contribution in [1.82, 2.24) is 14.8 Å². The molecule has 2 heterocycles. The number of rotatable bonds is 4. The third-order valence-corrected chi connectivity index (χ3v) is 6.38. The maximum atomic E-state index is 12.9. The Morgan fingerprint density at radius 2 is 1.57 bits per heavy atom. The Labute approximate surface area is 179 Å². The quantitative estimate of drug-likeness (QED) is 0.514. The fourth-order valence-electron chi connectivity index (χ4n) is 3.66. The molecule has 0 saturated carbocycles. The molecule has 30 heavy (non-hydrogen) atoms. The molecule has 1 aliphatic rings. The number of aromatic nitrogens is 3. The molecule has 1 aromatic heterocycles. The van der Waals surface area contributed by atoms with Gasteiger partial charge in [-0.2, -0.15) is 0 Å². The summed E-state index contributed by atoms with van der Waals surface area (Å²) in [7, 11) is 0. The molecule has 0 bridgehead atoms. The van der Waals surface area contributed by atoms with Crippen molar-refractivity contribution in [2.75, 3.05) is 5.32 Å². The van der Waals surface area contributed by atoms with Gasteiger partial charge in [-0.1, -0.05) is 78.5 Å². The summed E-state index contributed by atoms with van der Waals surface area (Å²) in [5.74, 6) is 0.774. The Morgan fingerprint density at radius 3 is 2.37 bits per heavy atom. The molecule has 0 saturated heterocycles. The summed E-state index contributed by atoms with van der Waals surface area (Å²) in [5, 5.41) is 12.5. The zero-order valence-corrected chi connectivity index (χ0v) is 17.0. The van der Waals surface area contributed by atoms with Crippen LogP contribution in [0.15, 0.2) is 90.1 Å². The van der Waals surface area contributed by atoms with Crippen LogP contribution in [0, 0.1) is 0 Å². The molecule has 5 rings (SSSR count). The zero-order chi connectivity index (χ0) is 20.3. The number of carbonyl (C=O) groups is 1. The summed E-state index contributed by atoms with van der Waals surface area (Å²) in [5.41, 5.74) is 4.03. The van der Waals surface area contributed by atoms with Gasteiger partial charge in [0.2, 0.25) is 5.91 Å². The number of thioether (sulfide) groups is 1. The van der Waals surface area contributed by atoms with Crippen molar-refractivity contribution in [2.45, 2.75) is 23.2 Å². The van der Waals surface area contributed by atoms with E-state index in [1.165, 1.54) is 17.3 Å². The predicted molar refractivity (Wildman–Crippen MR) is 120 cm³/mol. The molecule has 0 fully saturated rings. The SMILES string of the molecule is O=C1Nc2ccccc2CC[C@H]1Sc1nnc(-c2ccccc2)n1-c1ccccc1. The highest BCUT2D eigenvalue weighted by Crippen LogP contribution is 2.34. The molecular formula is C24H20N4OS. The molecule has 148 valence electrons. The van der Waals surface area contributed by atoms with E-state index in [0.29, 0.717) is 5.16 Å². The molecule has 0 aliphatic carbocycles. The Morgan fingerprint density at radius 1 is 0.867 bits per heavy atom. The van der Waals surface area contributed by atoms with Crippen LogP contribution < -0.4 is 5.32 Å². The highest BCUT2D eigenvalue weighted by Gasteiger charge is 2.27. The maximum absolute atomic E-state index is 12.9. The summed E-state index contributed by atoms with van der Waals surface area (Å²) >= 11 is 1.47. The fourth-order valence-corrected chi connectivity index (χ4v) is 4.70. The Balaban J connectivity index is 1.51. The first-order chi connectivity index (χ1) is 14.8. The monoisotopic (exact) mass is 412 g/mol. The van der Waals surface area contributed by atoms with Crippen molar-refractivity contribution in [3.63, 3.8) is 0 Å². The van der Waals surface area contributed by atoms with Crippen LogP contribution in [-0.2, 0) is 11.2 Å². The smallest absolute Gasteiger partial charge is 0.237 e. The average molecular weight is 413 g/mol. The summed E-state index contributed by atoms with van der Waals surface area (Å²) < 4.78 is 2.03. The third-order valence-electron chi connectivity index (χ3n) is 5.17. The van der Waals surface area contributed by atoms with Gasteiger partial charge in [-0.3, -0.25) is 9.36 Å². The number of amides is 1. The van der Waals surface area contributed by atoms with Gasteiger partial charge in [0.25, 0.3) is 0 Å². The van der Waals surface area contributed by atoms with Crippen LogP contribution in [0.25, 0.3) is 17.1 Å². The van der Waals surface area contributed by atoms with Crippen LogP contribution in [0.3, 0.4) is 0 Å². The lowest BCUT2D eigenvalue weighted by molar-refractivity contribution is -0.115. The second-order valence-corrected chi connectivity index (χ2v) is 8.30. The highest BCUT2D eigenvalue weighted by atomic mass is 32.2. The molecule has 0 spiro atoms. The number of carbonyl (C=O) groups excluding carboxylic acids is 1. The normalized spacial score (nSPS) is 15.9. The van der Waals surface area contributed by atoms with E-state index in [1.807, 2.05) is 83.4 Å². The second kappa shape index (κ2) is 8.16. The van der Waals surface area contributed by atoms with Crippen LogP contribution in [0.1, 0.15) is 12.0 Å². The highest BCUT2D eigenvalue weighted by molar-refractivity contribution is 8.00. The van der Waals surface area contributed by atoms with Crippen molar-refractivity contribution in [3.8, 4) is 17.1 Å². The van der Waals surface area contributed by atoms with Gasteiger partial charge < -0.3 is 5.32 Å². The number of anilines is 1. The van der Waals surface area contributed by atoms with Gasteiger partial charge >= 0.3 is 0 Å². The Hall–Kier alpha value is -3.38. The van der Waals surface area contributed by atoms with Crippen molar-refractivity contribution in [1.29, 1.82) is 0 Å². The van der Waals surface area contributed by atoms with Gasteiger partial charge in [0, 0.05) is 16.9 Å². The first-order valence-electron chi connectivity index (χ1n) is 9.91. The Kier molecular flexibility index (Phi) is 5.07. The second-order valence-electron chi connectivity index (χ2n) is 7.13. The van der Waals surface area contributed by atoms with Crippen LogP contribution in [0.4, 0.5) is 5.69 Å². The molecule has 4 aromatic rings. The molecule has 1 N–H and O–H groups in total.